The van der Waals surface area contributed by atoms with Crippen LogP contribution in [-0.4, -0.2) is 73.0 Å². The minimum absolute atomic E-state index is 0.0621. The third-order valence-corrected chi connectivity index (χ3v) is 4.54. The molecule has 18 heavy (non-hydrogen) atoms. The summed E-state index contributed by atoms with van der Waals surface area (Å²) in [7, 11) is 2.15. The van der Waals surface area contributed by atoms with E-state index >= 15 is 0 Å². The lowest BCUT2D eigenvalue weighted by Crippen LogP contribution is -2.54. The summed E-state index contributed by atoms with van der Waals surface area (Å²) >= 11 is 0. The number of carbonyl (C=O) groups excluding carboxylic acids is 1. The van der Waals surface area contributed by atoms with Gasteiger partial charge >= 0.3 is 0 Å². The van der Waals surface area contributed by atoms with Crippen LogP contribution in [0, 0.1) is 5.92 Å². The van der Waals surface area contributed by atoms with Crippen molar-refractivity contribution in [3.63, 3.8) is 0 Å². The van der Waals surface area contributed by atoms with E-state index in [0.717, 1.165) is 45.2 Å². The zero-order chi connectivity index (χ0) is 13.1. The number of amides is 1. The Kier molecular flexibility index (Phi) is 4.62. The highest BCUT2D eigenvalue weighted by Crippen LogP contribution is 2.18. The first-order valence-corrected chi connectivity index (χ1v) is 7.29. The zero-order valence-electron chi connectivity index (χ0n) is 12.1. The highest BCUT2D eigenvalue weighted by Gasteiger charge is 2.29. The van der Waals surface area contributed by atoms with Crippen LogP contribution in [0.4, 0.5) is 0 Å². The van der Waals surface area contributed by atoms with Gasteiger partial charge in [-0.3, -0.25) is 9.69 Å². The van der Waals surface area contributed by atoms with E-state index < -0.39 is 0 Å². The van der Waals surface area contributed by atoms with Gasteiger partial charge in [0.05, 0.1) is 6.04 Å². The first kappa shape index (κ1) is 13.8. The number of hydrogen-bond donors (Lipinski definition) is 0. The predicted molar refractivity (Wildman–Crippen MR) is 73.5 cm³/mol. The summed E-state index contributed by atoms with van der Waals surface area (Å²) in [5, 5.41) is 0. The number of hydrogen-bond acceptors (Lipinski definition) is 3. The molecule has 0 N–H and O–H groups in total. The summed E-state index contributed by atoms with van der Waals surface area (Å²) in [6.45, 7) is 10.5. The maximum Gasteiger partial charge on any atom is 0.239 e. The normalized spacial score (nSPS) is 26.3. The quantitative estimate of drug-likeness (QED) is 0.731. The number of likely N-dealkylation sites (tertiary alicyclic amines) is 1. The SMILES string of the molecule is CC1CCN(C(=O)[C@H](C)N2CCN(C)CC2)CC1. The average molecular weight is 253 g/mol. The monoisotopic (exact) mass is 253 g/mol. The molecule has 0 aromatic heterocycles. The van der Waals surface area contributed by atoms with Crippen molar-refractivity contribution in [3.8, 4) is 0 Å². The fourth-order valence-electron chi connectivity index (χ4n) is 2.86. The molecule has 0 saturated carbocycles. The first-order chi connectivity index (χ1) is 8.58. The van der Waals surface area contributed by atoms with Gasteiger partial charge in [0.25, 0.3) is 0 Å². The van der Waals surface area contributed by atoms with Crippen molar-refractivity contribution in [3.05, 3.63) is 0 Å². The fourth-order valence-corrected chi connectivity index (χ4v) is 2.86. The van der Waals surface area contributed by atoms with Gasteiger partial charge in [-0.05, 0) is 32.7 Å². The summed E-state index contributed by atoms with van der Waals surface area (Å²) < 4.78 is 0. The molecule has 2 heterocycles. The molecule has 0 spiro atoms. The fraction of sp³-hybridized carbons (Fsp3) is 0.929. The number of piperazine rings is 1. The van der Waals surface area contributed by atoms with Crippen LogP contribution < -0.4 is 0 Å². The zero-order valence-corrected chi connectivity index (χ0v) is 12.1. The van der Waals surface area contributed by atoms with Crippen LogP contribution in [0.3, 0.4) is 0 Å². The van der Waals surface area contributed by atoms with Gasteiger partial charge in [-0.25, -0.2) is 0 Å². The second-order valence-corrected chi connectivity index (χ2v) is 6.02. The molecule has 4 heteroatoms. The highest BCUT2D eigenvalue weighted by molar-refractivity contribution is 5.81. The number of rotatable bonds is 2. The third kappa shape index (κ3) is 3.23. The molecule has 2 fully saturated rings. The molecule has 0 radical (unpaired) electrons. The Morgan fingerprint density at radius 1 is 1.06 bits per heavy atom. The minimum Gasteiger partial charge on any atom is -0.341 e. The molecular weight excluding hydrogens is 226 g/mol. The van der Waals surface area contributed by atoms with Gasteiger partial charge in [0.2, 0.25) is 5.91 Å². The summed E-state index contributed by atoms with van der Waals surface area (Å²) in [6, 6.07) is 0.0621. The Labute approximate surface area is 111 Å². The van der Waals surface area contributed by atoms with Crippen LogP contribution in [0.15, 0.2) is 0 Å². The standard InChI is InChI=1S/C14H27N3O/c1-12-4-6-17(7-5-12)14(18)13(2)16-10-8-15(3)9-11-16/h12-13H,4-11H2,1-3H3/t13-/m0/s1. The van der Waals surface area contributed by atoms with Crippen LogP contribution in [0.25, 0.3) is 0 Å². The summed E-state index contributed by atoms with van der Waals surface area (Å²) in [6.07, 6.45) is 2.34. The molecular formula is C14H27N3O. The molecule has 1 amide bonds. The largest absolute Gasteiger partial charge is 0.341 e. The Morgan fingerprint density at radius 3 is 2.17 bits per heavy atom. The number of carbonyl (C=O) groups is 1. The molecule has 2 aliphatic heterocycles. The van der Waals surface area contributed by atoms with Crippen LogP contribution in [0.2, 0.25) is 0 Å². The predicted octanol–water partition coefficient (Wildman–Crippen LogP) is 0.881. The lowest BCUT2D eigenvalue weighted by Gasteiger charge is -2.39. The highest BCUT2D eigenvalue weighted by atomic mass is 16.2. The second-order valence-electron chi connectivity index (χ2n) is 6.02. The second kappa shape index (κ2) is 6.02. The van der Waals surface area contributed by atoms with E-state index in [0.29, 0.717) is 5.91 Å². The molecule has 2 aliphatic rings. The van der Waals surface area contributed by atoms with E-state index in [4.69, 9.17) is 0 Å². The molecule has 0 unspecified atom stereocenters. The lowest BCUT2D eigenvalue weighted by molar-refractivity contribution is -0.138. The Bertz CT molecular complexity index is 279. The van der Waals surface area contributed by atoms with Crippen LogP contribution >= 0.6 is 0 Å². The topological polar surface area (TPSA) is 26.8 Å². The first-order valence-electron chi connectivity index (χ1n) is 7.29. The third-order valence-electron chi connectivity index (χ3n) is 4.54. The Hall–Kier alpha value is -0.610. The van der Waals surface area contributed by atoms with Crippen molar-refractivity contribution in [1.82, 2.24) is 14.7 Å². The van der Waals surface area contributed by atoms with Gasteiger partial charge < -0.3 is 9.80 Å². The number of likely N-dealkylation sites (N-methyl/N-ethyl adjacent to an activating group) is 1. The van der Waals surface area contributed by atoms with Crippen molar-refractivity contribution < 1.29 is 4.79 Å². The van der Waals surface area contributed by atoms with E-state index in [9.17, 15) is 4.79 Å². The van der Waals surface area contributed by atoms with Gasteiger partial charge in [-0.15, -0.1) is 0 Å². The van der Waals surface area contributed by atoms with Crippen molar-refractivity contribution >= 4 is 5.91 Å². The molecule has 2 rings (SSSR count). The minimum atomic E-state index is 0.0621. The van der Waals surface area contributed by atoms with E-state index in [1.54, 1.807) is 0 Å². The van der Waals surface area contributed by atoms with Crippen molar-refractivity contribution in [2.45, 2.75) is 32.7 Å². The summed E-state index contributed by atoms with van der Waals surface area (Å²) in [5.74, 6) is 1.12. The van der Waals surface area contributed by atoms with Crippen LogP contribution in [-0.2, 0) is 4.79 Å². The van der Waals surface area contributed by atoms with E-state index in [1.807, 2.05) is 0 Å². The van der Waals surface area contributed by atoms with Gasteiger partial charge in [-0.2, -0.15) is 0 Å². The van der Waals surface area contributed by atoms with E-state index in [-0.39, 0.29) is 6.04 Å². The number of nitrogens with zero attached hydrogens (tertiary/aromatic N) is 3. The summed E-state index contributed by atoms with van der Waals surface area (Å²) in [5.41, 5.74) is 0. The van der Waals surface area contributed by atoms with Crippen molar-refractivity contribution in [2.24, 2.45) is 5.92 Å². The number of piperidine rings is 1. The lowest BCUT2D eigenvalue weighted by atomic mass is 9.98. The molecule has 0 bridgehead atoms. The van der Waals surface area contributed by atoms with Gasteiger partial charge in [-0.1, -0.05) is 6.92 Å². The van der Waals surface area contributed by atoms with Crippen LogP contribution in [0.1, 0.15) is 26.7 Å². The molecule has 0 aromatic rings. The average Bonchev–Trinajstić information content (AvgIpc) is 2.39. The van der Waals surface area contributed by atoms with Crippen molar-refractivity contribution in [2.75, 3.05) is 46.3 Å². The smallest absolute Gasteiger partial charge is 0.239 e. The van der Waals surface area contributed by atoms with E-state index in [2.05, 4.69) is 35.6 Å². The molecule has 104 valence electrons. The molecule has 1 atom stereocenters. The van der Waals surface area contributed by atoms with Crippen LogP contribution in [0.5, 0.6) is 0 Å². The molecule has 0 aliphatic carbocycles. The Balaban J connectivity index is 1.84. The van der Waals surface area contributed by atoms with Gasteiger partial charge in [0.1, 0.15) is 0 Å². The maximum atomic E-state index is 12.5. The summed E-state index contributed by atoms with van der Waals surface area (Å²) in [4.78, 5) is 19.2. The molecule has 2 saturated heterocycles. The van der Waals surface area contributed by atoms with Gasteiger partial charge in [0, 0.05) is 39.3 Å². The Morgan fingerprint density at radius 2 is 1.61 bits per heavy atom. The van der Waals surface area contributed by atoms with E-state index in [1.165, 1.54) is 12.8 Å². The molecule has 4 nitrogen and oxygen atoms in total. The van der Waals surface area contributed by atoms with Gasteiger partial charge in [0.15, 0.2) is 0 Å². The van der Waals surface area contributed by atoms with Crippen molar-refractivity contribution in [1.29, 1.82) is 0 Å². The molecule has 0 aromatic carbocycles. The maximum absolute atomic E-state index is 12.5.